The maximum absolute atomic E-state index is 12.0. The quantitative estimate of drug-likeness (QED) is 0.636. The molecule has 2 aliphatic rings. The van der Waals surface area contributed by atoms with Gasteiger partial charge in [-0.2, -0.15) is 5.26 Å². The molecule has 1 amide bonds. The third-order valence-corrected chi connectivity index (χ3v) is 5.64. The largest absolute Gasteiger partial charge is 0.330 e. The van der Waals surface area contributed by atoms with Gasteiger partial charge in [0.25, 0.3) is 5.91 Å². The first kappa shape index (κ1) is 13.3. The van der Waals surface area contributed by atoms with E-state index < -0.39 is 5.25 Å². The van der Waals surface area contributed by atoms with Crippen molar-refractivity contribution < 1.29 is 4.79 Å². The van der Waals surface area contributed by atoms with Gasteiger partial charge in [0.1, 0.15) is 16.2 Å². The summed E-state index contributed by atoms with van der Waals surface area (Å²) in [5, 5.41) is 16.5. The molecule has 0 aromatic heterocycles. The number of carbonyl (C=O) groups excluding carboxylic acids is 1. The molecule has 0 aromatic carbocycles. The highest BCUT2D eigenvalue weighted by Crippen LogP contribution is 2.44. The topological polar surface area (TPSA) is 68.0 Å². The van der Waals surface area contributed by atoms with Crippen LogP contribution in [-0.2, 0) is 4.79 Å². The van der Waals surface area contributed by atoms with Gasteiger partial charge in [-0.1, -0.05) is 30.1 Å². The van der Waals surface area contributed by atoms with E-state index in [0.29, 0.717) is 18.0 Å². The maximum Gasteiger partial charge on any atom is 0.262 e. The SMILES string of the molecule is C=CCN1CC2=C(SC(=N)C(C(=S)C#N)S2)C1=O. The van der Waals surface area contributed by atoms with E-state index in [1.165, 1.54) is 11.8 Å². The molecule has 92 valence electrons. The summed E-state index contributed by atoms with van der Waals surface area (Å²) in [4.78, 5) is 15.4. The van der Waals surface area contributed by atoms with Crippen LogP contribution in [0.1, 0.15) is 0 Å². The Bertz CT molecular complexity index is 532. The van der Waals surface area contributed by atoms with Gasteiger partial charge in [-0.3, -0.25) is 10.2 Å². The minimum absolute atomic E-state index is 0.0616. The zero-order chi connectivity index (χ0) is 13.3. The van der Waals surface area contributed by atoms with Crippen molar-refractivity contribution in [3.8, 4) is 6.07 Å². The van der Waals surface area contributed by atoms with Crippen LogP contribution in [0.3, 0.4) is 0 Å². The van der Waals surface area contributed by atoms with Gasteiger partial charge in [-0.25, -0.2) is 0 Å². The second-order valence-corrected chi connectivity index (χ2v) is 6.36. The Morgan fingerprint density at radius 2 is 2.50 bits per heavy atom. The van der Waals surface area contributed by atoms with Crippen molar-refractivity contribution in [3.05, 3.63) is 22.5 Å². The molecule has 7 heteroatoms. The van der Waals surface area contributed by atoms with Gasteiger partial charge in [-0.15, -0.1) is 18.3 Å². The van der Waals surface area contributed by atoms with E-state index in [1.54, 1.807) is 11.0 Å². The molecule has 0 aliphatic carbocycles. The first-order chi connectivity index (χ1) is 8.58. The summed E-state index contributed by atoms with van der Waals surface area (Å²) in [7, 11) is 0. The molecule has 1 atom stereocenters. The van der Waals surface area contributed by atoms with E-state index in [-0.39, 0.29) is 15.8 Å². The second-order valence-electron chi connectivity index (χ2n) is 3.67. The first-order valence-corrected chi connectivity index (χ1v) is 7.19. The molecule has 4 nitrogen and oxygen atoms in total. The highest BCUT2D eigenvalue weighted by molar-refractivity contribution is 8.23. The molecule has 2 aliphatic heterocycles. The van der Waals surface area contributed by atoms with E-state index in [0.717, 1.165) is 16.7 Å². The van der Waals surface area contributed by atoms with Crippen LogP contribution in [0.4, 0.5) is 0 Å². The zero-order valence-corrected chi connectivity index (χ0v) is 11.8. The van der Waals surface area contributed by atoms with E-state index in [1.807, 2.05) is 6.07 Å². The molecule has 0 bridgehead atoms. The van der Waals surface area contributed by atoms with Gasteiger partial charge in [0.15, 0.2) is 0 Å². The highest BCUT2D eigenvalue weighted by Gasteiger charge is 2.39. The van der Waals surface area contributed by atoms with Gasteiger partial charge in [-0.05, 0) is 0 Å². The van der Waals surface area contributed by atoms with Crippen molar-refractivity contribution in [1.29, 1.82) is 10.7 Å². The van der Waals surface area contributed by atoms with Gasteiger partial charge in [0, 0.05) is 11.4 Å². The summed E-state index contributed by atoms with van der Waals surface area (Å²) in [5.41, 5.74) is 0. The van der Waals surface area contributed by atoms with Gasteiger partial charge in [0.05, 0.1) is 16.5 Å². The van der Waals surface area contributed by atoms with E-state index in [9.17, 15) is 4.79 Å². The van der Waals surface area contributed by atoms with Crippen LogP contribution in [0.2, 0.25) is 0 Å². The number of nitrogens with zero attached hydrogens (tertiary/aromatic N) is 2. The Morgan fingerprint density at radius 3 is 3.11 bits per heavy atom. The predicted octanol–water partition coefficient (Wildman–Crippen LogP) is 1.95. The van der Waals surface area contributed by atoms with Crippen molar-refractivity contribution >= 4 is 51.6 Å². The van der Waals surface area contributed by atoms with Crippen molar-refractivity contribution in [3.63, 3.8) is 0 Å². The monoisotopic (exact) mass is 295 g/mol. The van der Waals surface area contributed by atoms with E-state index in [2.05, 4.69) is 6.58 Å². The molecule has 0 aromatic rings. The predicted molar refractivity (Wildman–Crippen MR) is 78.7 cm³/mol. The lowest BCUT2D eigenvalue weighted by molar-refractivity contribution is -0.124. The fraction of sp³-hybridized carbons (Fsp3) is 0.273. The molecule has 1 N–H and O–H groups in total. The van der Waals surface area contributed by atoms with Crippen molar-refractivity contribution in [2.45, 2.75) is 5.25 Å². The molecule has 2 rings (SSSR count). The number of rotatable bonds is 3. The number of carbonyl (C=O) groups is 1. The summed E-state index contributed by atoms with van der Waals surface area (Å²) in [6, 6.07) is 1.91. The number of thioether (sulfide) groups is 2. The van der Waals surface area contributed by atoms with E-state index >= 15 is 0 Å². The van der Waals surface area contributed by atoms with Crippen LogP contribution in [-0.4, -0.2) is 39.1 Å². The zero-order valence-electron chi connectivity index (χ0n) is 9.30. The summed E-state index contributed by atoms with van der Waals surface area (Å²) in [5.74, 6) is -0.0616. The van der Waals surface area contributed by atoms with Crippen molar-refractivity contribution in [2.24, 2.45) is 0 Å². The molecule has 0 spiro atoms. The molecule has 2 heterocycles. The summed E-state index contributed by atoms with van der Waals surface area (Å²) in [6.45, 7) is 4.63. The average Bonchev–Trinajstić information content (AvgIpc) is 2.65. The lowest BCUT2D eigenvalue weighted by Gasteiger charge is -2.20. The number of nitrogens with one attached hydrogen (secondary N) is 1. The standard InChI is InChI=1S/C11H9N3OS3/c1-2-3-14-5-7-9(11(14)15)18-10(13)8(17-7)6(16)4-12/h2,8,13H,1,3,5H2. The molecule has 0 fully saturated rings. The minimum Gasteiger partial charge on any atom is -0.330 e. The molecular formula is C11H9N3OS3. The van der Waals surface area contributed by atoms with Crippen LogP contribution in [0, 0.1) is 16.7 Å². The fourth-order valence-corrected chi connectivity index (χ4v) is 4.38. The number of thiocarbonyl (C=S) groups is 1. The third kappa shape index (κ3) is 2.23. The number of nitriles is 1. The van der Waals surface area contributed by atoms with Crippen LogP contribution in [0.5, 0.6) is 0 Å². The van der Waals surface area contributed by atoms with Crippen molar-refractivity contribution in [1.82, 2.24) is 4.90 Å². The maximum atomic E-state index is 12.0. The first-order valence-electron chi connectivity index (χ1n) is 5.08. The average molecular weight is 295 g/mol. The van der Waals surface area contributed by atoms with Gasteiger partial charge < -0.3 is 4.90 Å². The van der Waals surface area contributed by atoms with Crippen LogP contribution < -0.4 is 0 Å². The summed E-state index contributed by atoms with van der Waals surface area (Å²) < 4.78 is 0. The summed E-state index contributed by atoms with van der Waals surface area (Å²) >= 11 is 7.42. The Balaban J connectivity index is 2.22. The molecule has 0 saturated carbocycles. The van der Waals surface area contributed by atoms with Crippen LogP contribution in [0.15, 0.2) is 22.5 Å². The highest BCUT2D eigenvalue weighted by atomic mass is 32.2. The summed E-state index contributed by atoms with van der Waals surface area (Å²) in [6.07, 6.45) is 1.68. The lowest BCUT2D eigenvalue weighted by atomic mass is 10.3. The van der Waals surface area contributed by atoms with Crippen LogP contribution >= 0.6 is 35.7 Å². The minimum atomic E-state index is -0.412. The number of amides is 1. The Hall–Kier alpha value is -1.10. The number of hydrogen-bond donors (Lipinski definition) is 1. The Kier molecular flexibility index (Phi) is 3.90. The lowest BCUT2D eigenvalue weighted by Crippen LogP contribution is -2.26. The van der Waals surface area contributed by atoms with E-state index in [4.69, 9.17) is 22.9 Å². The molecular weight excluding hydrogens is 286 g/mol. The number of hydrogen-bond acceptors (Lipinski definition) is 6. The van der Waals surface area contributed by atoms with Gasteiger partial charge >= 0.3 is 0 Å². The van der Waals surface area contributed by atoms with Crippen LogP contribution in [0.25, 0.3) is 0 Å². The molecule has 0 saturated heterocycles. The molecule has 18 heavy (non-hydrogen) atoms. The van der Waals surface area contributed by atoms with Gasteiger partial charge in [0.2, 0.25) is 0 Å². The molecule has 1 unspecified atom stereocenters. The normalized spacial score (nSPS) is 22.8. The fourth-order valence-electron chi connectivity index (χ4n) is 1.66. The van der Waals surface area contributed by atoms with Crippen molar-refractivity contribution in [2.75, 3.05) is 13.1 Å². The third-order valence-electron chi connectivity index (χ3n) is 2.48. The Morgan fingerprint density at radius 1 is 1.78 bits per heavy atom. The smallest absolute Gasteiger partial charge is 0.262 e. The Labute approximate surface area is 119 Å². The molecule has 0 radical (unpaired) electrons. The second kappa shape index (κ2) is 5.26.